The van der Waals surface area contributed by atoms with E-state index in [9.17, 15) is 9.90 Å². The van der Waals surface area contributed by atoms with Crippen LogP contribution < -0.4 is 5.56 Å². The van der Waals surface area contributed by atoms with Gasteiger partial charge in [-0.1, -0.05) is 18.2 Å². The highest BCUT2D eigenvalue weighted by Crippen LogP contribution is 2.21. The number of benzene rings is 1. The van der Waals surface area contributed by atoms with Crippen LogP contribution in [0.3, 0.4) is 0 Å². The van der Waals surface area contributed by atoms with E-state index < -0.39 is 0 Å². The summed E-state index contributed by atoms with van der Waals surface area (Å²) in [4.78, 5) is 21.0. The molecule has 0 bridgehead atoms. The zero-order valence-corrected chi connectivity index (χ0v) is 11.5. The first-order valence-electron chi connectivity index (χ1n) is 6.82. The molecule has 0 fully saturated rings. The Morgan fingerprint density at radius 1 is 1.14 bits per heavy atom. The number of aromatic nitrogens is 4. The molecule has 6 heteroatoms. The van der Waals surface area contributed by atoms with Crippen LogP contribution >= 0.6 is 0 Å². The van der Waals surface area contributed by atoms with Crippen molar-refractivity contribution in [1.82, 2.24) is 19.7 Å². The predicted octanol–water partition coefficient (Wildman–Crippen LogP) is 1.75. The Morgan fingerprint density at radius 2 is 2.05 bits per heavy atom. The lowest BCUT2D eigenvalue weighted by Gasteiger charge is -2.01. The molecule has 2 N–H and O–H groups in total. The van der Waals surface area contributed by atoms with Crippen LogP contribution in [-0.4, -0.2) is 24.9 Å². The van der Waals surface area contributed by atoms with Gasteiger partial charge in [0.05, 0.1) is 23.0 Å². The van der Waals surface area contributed by atoms with Gasteiger partial charge in [0, 0.05) is 17.8 Å². The molecule has 0 saturated heterocycles. The Balaban J connectivity index is 2.05. The first-order chi connectivity index (χ1) is 10.8. The molecule has 1 aromatic carbocycles. The molecule has 0 radical (unpaired) electrons. The monoisotopic (exact) mass is 292 g/mol. The highest BCUT2D eigenvalue weighted by molar-refractivity contribution is 6.02. The molecular weight excluding hydrogens is 280 g/mol. The summed E-state index contributed by atoms with van der Waals surface area (Å²) in [6.07, 6.45) is 3.19. The van der Waals surface area contributed by atoms with Gasteiger partial charge < -0.3 is 5.11 Å². The Morgan fingerprint density at radius 3 is 2.82 bits per heavy atom. The van der Waals surface area contributed by atoms with Gasteiger partial charge in [-0.25, -0.2) is 9.67 Å². The van der Waals surface area contributed by atoms with Gasteiger partial charge in [-0.2, -0.15) is 0 Å². The topological polar surface area (TPSA) is 83.8 Å². The number of hydrogen-bond donors (Lipinski definition) is 2. The average molecular weight is 292 g/mol. The van der Waals surface area contributed by atoms with Crippen molar-refractivity contribution in [3.8, 4) is 5.82 Å². The minimum atomic E-state index is -0.186. The third kappa shape index (κ3) is 1.82. The van der Waals surface area contributed by atoms with Crippen molar-refractivity contribution in [2.45, 2.75) is 6.61 Å². The lowest BCUT2D eigenvalue weighted by molar-refractivity contribution is 0.282. The van der Waals surface area contributed by atoms with Crippen LogP contribution in [0.25, 0.3) is 27.6 Å². The van der Waals surface area contributed by atoms with E-state index in [-0.39, 0.29) is 12.2 Å². The van der Waals surface area contributed by atoms with Gasteiger partial charge in [-0.15, -0.1) is 0 Å². The number of nitrogens with zero attached hydrogens (tertiary/aromatic N) is 3. The molecule has 6 nitrogen and oxygen atoms in total. The maximum atomic E-state index is 12.5. The second kappa shape index (κ2) is 4.78. The molecule has 0 spiro atoms. The van der Waals surface area contributed by atoms with E-state index in [4.69, 9.17) is 0 Å². The molecule has 4 rings (SSSR count). The molecule has 3 aromatic heterocycles. The largest absolute Gasteiger partial charge is 0.392 e. The Hall–Kier alpha value is -2.99. The summed E-state index contributed by atoms with van der Waals surface area (Å²) in [5.41, 5.74) is 2.04. The second-order valence-electron chi connectivity index (χ2n) is 5.00. The van der Waals surface area contributed by atoms with Gasteiger partial charge >= 0.3 is 0 Å². The average Bonchev–Trinajstić information content (AvgIpc) is 2.92. The number of hydrogen-bond acceptors (Lipinski definition) is 4. The minimum absolute atomic E-state index is 0.0406. The SMILES string of the molecule is O=c1c2cnc3cc(CO)ccc3c2[nH]n1-c1ccccn1. The molecule has 0 unspecified atom stereocenters. The zero-order chi connectivity index (χ0) is 15.1. The molecule has 0 aliphatic heterocycles. The maximum Gasteiger partial charge on any atom is 0.282 e. The number of pyridine rings is 2. The number of rotatable bonds is 2. The standard InChI is InChI=1S/C16H12N4O2/c21-9-10-4-5-11-13(7-10)18-8-12-15(11)19-20(16(12)22)14-3-1-2-6-17-14/h1-8,19,21H,9H2. The summed E-state index contributed by atoms with van der Waals surface area (Å²) in [5, 5.41) is 13.7. The van der Waals surface area contributed by atoms with Gasteiger partial charge in [-0.3, -0.25) is 14.9 Å². The highest BCUT2D eigenvalue weighted by atomic mass is 16.3. The predicted molar refractivity (Wildman–Crippen MR) is 82.9 cm³/mol. The molecule has 0 amide bonds. The van der Waals surface area contributed by atoms with Gasteiger partial charge in [0.2, 0.25) is 0 Å². The summed E-state index contributed by atoms with van der Waals surface area (Å²) < 4.78 is 1.41. The van der Waals surface area contributed by atoms with Crippen LogP contribution in [0.2, 0.25) is 0 Å². The molecular formula is C16H12N4O2. The van der Waals surface area contributed by atoms with Crippen LogP contribution in [0.1, 0.15) is 5.56 Å². The lowest BCUT2D eigenvalue weighted by Crippen LogP contribution is -2.15. The fourth-order valence-electron chi connectivity index (χ4n) is 2.55. The Labute approximate surface area is 124 Å². The van der Waals surface area contributed by atoms with Crippen molar-refractivity contribution in [3.05, 3.63) is 64.7 Å². The fraction of sp³-hybridized carbons (Fsp3) is 0.0625. The number of aliphatic hydroxyl groups excluding tert-OH is 1. The number of aliphatic hydroxyl groups is 1. The van der Waals surface area contributed by atoms with Crippen LogP contribution in [-0.2, 0) is 6.61 Å². The van der Waals surface area contributed by atoms with Crippen molar-refractivity contribution in [2.75, 3.05) is 0 Å². The Bertz CT molecular complexity index is 1030. The molecule has 0 aliphatic carbocycles. The molecule has 22 heavy (non-hydrogen) atoms. The normalized spacial score (nSPS) is 11.3. The van der Waals surface area contributed by atoms with Gasteiger partial charge in [0.1, 0.15) is 0 Å². The van der Waals surface area contributed by atoms with E-state index in [0.717, 1.165) is 16.5 Å². The number of fused-ring (bicyclic) bond motifs is 3. The van der Waals surface area contributed by atoms with Crippen molar-refractivity contribution in [2.24, 2.45) is 0 Å². The lowest BCUT2D eigenvalue weighted by atomic mass is 10.1. The quantitative estimate of drug-likeness (QED) is 0.589. The summed E-state index contributed by atoms with van der Waals surface area (Å²) in [7, 11) is 0. The van der Waals surface area contributed by atoms with Gasteiger partial charge in [-0.05, 0) is 23.8 Å². The third-order valence-corrected chi connectivity index (χ3v) is 3.65. The van der Waals surface area contributed by atoms with Gasteiger partial charge in [0.15, 0.2) is 5.82 Å². The van der Waals surface area contributed by atoms with E-state index in [0.29, 0.717) is 16.7 Å². The van der Waals surface area contributed by atoms with Crippen LogP contribution in [0.4, 0.5) is 0 Å². The number of H-pyrrole nitrogens is 1. The van der Waals surface area contributed by atoms with E-state index in [1.54, 1.807) is 24.5 Å². The summed E-state index contributed by atoms with van der Waals surface area (Å²) in [5.74, 6) is 0.531. The summed E-state index contributed by atoms with van der Waals surface area (Å²) in [6.45, 7) is -0.0406. The molecule has 108 valence electrons. The number of nitrogens with one attached hydrogen (secondary N) is 1. The van der Waals surface area contributed by atoms with E-state index in [1.807, 2.05) is 24.3 Å². The Kier molecular flexibility index (Phi) is 2.77. The van der Waals surface area contributed by atoms with Crippen molar-refractivity contribution in [3.63, 3.8) is 0 Å². The molecule has 4 aromatic rings. The molecule has 0 aliphatic rings. The first-order valence-corrected chi connectivity index (χ1v) is 6.82. The number of aromatic amines is 1. The minimum Gasteiger partial charge on any atom is -0.392 e. The van der Waals surface area contributed by atoms with Gasteiger partial charge in [0.25, 0.3) is 5.56 Å². The van der Waals surface area contributed by atoms with Crippen LogP contribution in [0.5, 0.6) is 0 Å². The summed E-state index contributed by atoms with van der Waals surface area (Å²) in [6, 6.07) is 10.9. The smallest absolute Gasteiger partial charge is 0.282 e. The van der Waals surface area contributed by atoms with Crippen molar-refractivity contribution in [1.29, 1.82) is 0 Å². The first kappa shape index (κ1) is 12.7. The summed E-state index contributed by atoms with van der Waals surface area (Å²) >= 11 is 0. The fourth-order valence-corrected chi connectivity index (χ4v) is 2.55. The molecule has 0 atom stereocenters. The van der Waals surface area contributed by atoms with Crippen molar-refractivity contribution >= 4 is 21.8 Å². The van der Waals surface area contributed by atoms with Crippen LogP contribution in [0, 0.1) is 0 Å². The van der Waals surface area contributed by atoms with Crippen LogP contribution in [0.15, 0.2) is 53.6 Å². The molecule has 0 saturated carbocycles. The second-order valence-corrected chi connectivity index (χ2v) is 5.00. The maximum absolute atomic E-state index is 12.5. The molecule has 3 heterocycles. The zero-order valence-electron chi connectivity index (χ0n) is 11.5. The highest BCUT2D eigenvalue weighted by Gasteiger charge is 2.12. The van der Waals surface area contributed by atoms with E-state index in [2.05, 4.69) is 15.1 Å². The van der Waals surface area contributed by atoms with E-state index in [1.165, 1.54) is 4.68 Å². The third-order valence-electron chi connectivity index (χ3n) is 3.65. The van der Waals surface area contributed by atoms with Crippen molar-refractivity contribution < 1.29 is 5.11 Å². The van der Waals surface area contributed by atoms with E-state index >= 15 is 0 Å².